The molecule has 0 amide bonds. The molecule has 0 radical (unpaired) electrons. The number of likely N-dealkylation sites (tertiary alicyclic amines) is 1. The summed E-state index contributed by atoms with van der Waals surface area (Å²) in [4.78, 5) is 18.7. The number of nitrogens with one attached hydrogen (secondary N) is 1. The highest BCUT2D eigenvalue weighted by atomic mass is 16.5. The largest absolute Gasteiger partial charge is 0.494 e. The summed E-state index contributed by atoms with van der Waals surface area (Å²) in [7, 11) is 0. The number of pyridine rings is 1. The van der Waals surface area contributed by atoms with Crippen LogP contribution in [0.4, 0.5) is 0 Å². The van der Waals surface area contributed by atoms with Crippen LogP contribution in [0.5, 0.6) is 5.75 Å². The van der Waals surface area contributed by atoms with Crippen molar-refractivity contribution in [3.63, 3.8) is 0 Å². The first-order valence-corrected chi connectivity index (χ1v) is 10.2. The van der Waals surface area contributed by atoms with Gasteiger partial charge >= 0.3 is 0 Å². The van der Waals surface area contributed by atoms with E-state index in [1.807, 2.05) is 42.5 Å². The molecular weight excluding hydrogens is 364 g/mol. The van der Waals surface area contributed by atoms with Crippen LogP contribution in [0.15, 0.2) is 59.5 Å². The van der Waals surface area contributed by atoms with Crippen molar-refractivity contribution in [3.05, 3.63) is 65.1 Å². The molecule has 0 saturated carbocycles. The van der Waals surface area contributed by atoms with Crippen LogP contribution >= 0.6 is 0 Å². The molecule has 1 atom stereocenters. The fraction of sp³-hybridized carbons (Fsp3) is 0.348. The highest BCUT2D eigenvalue weighted by molar-refractivity contribution is 5.78. The molecular formula is C23H26N4O2. The number of aromatic amines is 1. The number of benzene rings is 1. The second-order valence-electron chi connectivity index (χ2n) is 7.46. The van der Waals surface area contributed by atoms with Gasteiger partial charge in [0.15, 0.2) is 0 Å². The quantitative estimate of drug-likeness (QED) is 0.622. The van der Waals surface area contributed by atoms with E-state index in [-0.39, 0.29) is 5.56 Å². The first-order chi connectivity index (χ1) is 14.2. The zero-order chi connectivity index (χ0) is 20.1. The van der Waals surface area contributed by atoms with Crippen LogP contribution in [0.1, 0.15) is 26.2 Å². The summed E-state index contributed by atoms with van der Waals surface area (Å²) >= 11 is 0. The number of ether oxygens (including phenoxy) is 1. The molecule has 150 valence electrons. The molecule has 1 N–H and O–H groups in total. The number of H-pyrrole nitrogens is 1. The van der Waals surface area contributed by atoms with Crippen LogP contribution in [0, 0.1) is 0 Å². The first-order valence-electron chi connectivity index (χ1n) is 10.2. The summed E-state index contributed by atoms with van der Waals surface area (Å²) in [6, 6.07) is 15.7. The molecule has 4 rings (SSSR count). The molecule has 6 nitrogen and oxygen atoms in total. The van der Waals surface area contributed by atoms with E-state index in [1.165, 1.54) is 25.5 Å². The second kappa shape index (κ2) is 9.01. The van der Waals surface area contributed by atoms with Crippen molar-refractivity contribution in [1.29, 1.82) is 0 Å². The van der Waals surface area contributed by atoms with E-state index in [2.05, 4.69) is 27.0 Å². The average molecular weight is 390 g/mol. The third-order valence-corrected chi connectivity index (χ3v) is 5.43. The lowest BCUT2D eigenvalue weighted by atomic mass is 10.0. The molecule has 3 aromatic rings. The molecule has 29 heavy (non-hydrogen) atoms. The molecule has 6 heteroatoms. The van der Waals surface area contributed by atoms with Gasteiger partial charge in [0.2, 0.25) is 0 Å². The molecule has 1 aliphatic rings. The molecule has 3 heterocycles. The zero-order valence-corrected chi connectivity index (χ0v) is 16.7. The van der Waals surface area contributed by atoms with Crippen LogP contribution in [0.25, 0.3) is 22.5 Å². The first kappa shape index (κ1) is 19.3. The Labute approximate surface area is 170 Å². The number of aromatic nitrogens is 3. The van der Waals surface area contributed by atoms with Crippen molar-refractivity contribution in [1.82, 2.24) is 20.1 Å². The molecule has 1 fully saturated rings. The Morgan fingerprint density at radius 1 is 1.21 bits per heavy atom. The van der Waals surface area contributed by atoms with Crippen molar-refractivity contribution >= 4 is 0 Å². The predicted molar refractivity (Wildman–Crippen MR) is 114 cm³/mol. The van der Waals surface area contributed by atoms with Crippen LogP contribution in [0.2, 0.25) is 0 Å². The Kier molecular flexibility index (Phi) is 6.00. The molecule has 0 spiro atoms. The van der Waals surface area contributed by atoms with Gasteiger partial charge in [-0.25, -0.2) is 5.10 Å². The van der Waals surface area contributed by atoms with Gasteiger partial charge < -0.3 is 9.64 Å². The monoisotopic (exact) mass is 390 g/mol. The van der Waals surface area contributed by atoms with Gasteiger partial charge in [-0.05, 0) is 69.1 Å². The van der Waals surface area contributed by atoms with Gasteiger partial charge in [-0.1, -0.05) is 6.07 Å². The van der Waals surface area contributed by atoms with Crippen LogP contribution < -0.4 is 10.3 Å². The Bertz CT molecular complexity index is 986. The Morgan fingerprint density at radius 3 is 2.79 bits per heavy atom. The number of hydrogen-bond donors (Lipinski definition) is 1. The van der Waals surface area contributed by atoms with Gasteiger partial charge in [-0.15, -0.1) is 0 Å². The van der Waals surface area contributed by atoms with Crippen molar-refractivity contribution in [2.45, 2.75) is 32.2 Å². The van der Waals surface area contributed by atoms with Crippen LogP contribution in [-0.2, 0) is 0 Å². The summed E-state index contributed by atoms with van der Waals surface area (Å²) < 4.78 is 5.91. The van der Waals surface area contributed by atoms with Gasteiger partial charge in [0.05, 0.1) is 12.3 Å². The predicted octanol–water partition coefficient (Wildman–Crippen LogP) is 3.75. The van der Waals surface area contributed by atoms with Crippen LogP contribution in [-0.4, -0.2) is 45.8 Å². The van der Waals surface area contributed by atoms with Gasteiger partial charge in [0, 0.05) is 36.0 Å². The standard InChI is InChI=1S/C23H26N4O2/c1-17-6-4-13-27(17)14-5-15-29-19-10-8-18(9-11-19)23-20(16-22(28)25-26-23)21-7-2-3-12-24-21/h2-3,7-12,16-17H,4-6,13-15H2,1H3,(H,25,28). The highest BCUT2D eigenvalue weighted by Crippen LogP contribution is 2.28. The van der Waals surface area contributed by atoms with E-state index in [9.17, 15) is 4.79 Å². The Morgan fingerprint density at radius 2 is 2.07 bits per heavy atom. The molecule has 2 aromatic heterocycles. The lowest BCUT2D eigenvalue weighted by Gasteiger charge is -2.20. The summed E-state index contributed by atoms with van der Waals surface area (Å²) in [5.41, 5.74) is 2.78. The summed E-state index contributed by atoms with van der Waals surface area (Å²) in [5, 5.41) is 6.78. The topological polar surface area (TPSA) is 71.1 Å². The van der Waals surface area contributed by atoms with Gasteiger partial charge in [-0.3, -0.25) is 9.78 Å². The fourth-order valence-electron chi connectivity index (χ4n) is 3.83. The van der Waals surface area contributed by atoms with Crippen molar-refractivity contribution in [3.8, 4) is 28.3 Å². The maximum absolute atomic E-state index is 11.8. The Hall–Kier alpha value is -2.99. The smallest absolute Gasteiger partial charge is 0.264 e. The minimum atomic E-state index is -0.248. The molecule has 0 aliphatic carbocycles. The molecule has 0 bridgehead atoms. The number of rotatable bonds is 7. The molecule has 1 aliphatic heterocycles. The summed E-state index contributed by atoms with van der Waals surface area (Å²) in [5.74, 6) is 0.840. The average Bonchev–Trinajstić information content (AvgIpc) is 3.17. The number of nitrogens with zero attached hydrogens (tertiary/aromatic N) is 3. The maximum Gasteiger partial charge on any atom is 0.264 e. The van der Waals surface area contributed by atoms with Crippen LogP contribution in [0.3, 0.4) is 0 Å². The maximum atomic E-state index is 11.8. The third-order valence-electron chi connectivity index (χ3n) is 5.43. The summed E-state index contributed by atoms with van der Waals surface area (Å²) in [6.07, 6.45) is 5.35. The lowest BCUT2D eigenvalue weighted by Crippen LogP contribution is -2.28. The second-order valence-corrected chi connectivity index (χ2v) is 7.46. The summed E-state index contributed by atoms with van der Waals surface area (Å²) in [6.45, 7) is 5.31. The van der Waals surface area contributed by atoms with Gasteiger partial charge in [0.25, 0.3) is 5.56 Å². The van der Waals surface area contributed by atoms with Crippen molar-refractivity contribution < 1.29 is 4.74 Å². The van der Waals surface area contributed by atoms with E-state index >= 15 is 0 Å². The van der Waals surface area contributed by atoms with E-state index in [1.54, 1.807) is 6.20 Å². The lowest BCUT2D eigenvalue weighted by molar-refractivity contribution is 0.230. The van der Waals surface area contributed by atoms with Gasteiger partial charge in [-0.2, -0.15) is 5.10 Å². The normalized spacial score (nSPS) is 16.8. The van der Waals surface area contributed by atoms with Crippen molar-refractivity contribution in [2.75, 3.05) is 19.7 Å². The van der Waals surface area contributed by atoms with E-state index in [0.29, 0.717) is 23.9 Å². The van der Waals surface area contributed by atoms with Gasteiger partial charge in [0.1, 0.15) is 11.4 Å². The Balaban J connectivity index is 1.42. The number of hydrogen-bond acceptors (Lipinski definition) is 5. The molecule has 1 aromatic carbocycles. The third kappa shape index (κ3) is 4.71. The van der Waals surface area contributed by atoms with Crippen molar-refractivity contribution in [2.24, 2.45) is 0 Å². The minimum Gasteiger partial charge on any atom is -0.494 e. The minimum absolute atomic E-state index is 0.248. The van der Waals surface area contributed by atoms with E-state index in [4.69, 9.17) is 4.74 Å². The fourth-order valence-corrected chi connectivity index (χ4v) is 3.83. The zero-order valence-electron chi connectivity index (χ0n) is 16.7. The highest BCUT2D eigenvalue weighted by Gasteiger charge is 2.19. The molecule has 1 unspecified atom stereocenters. The SMILES string of the molecule is CC1CCCN1CCCOc1ccc(-c2n[nH]c(=O)cc2-c2ccccn2)cc1. The van der Waals surface area contributed by atoms with E-state index in [0.717, 1.165) is 30.0 Å². The molecule has 1 saturated heterocycles. The van der Waals surface area contributed by atoms with E-state index < -0.39 is 0 Å².